The van der Waals surface area contributed by atoms with E-state index in [0.29, 0.717) is 19.3 Å². The highest BCUT2D eigenvalue weighted by molar-refractivity contribution is 9.10. The van der Waals surface area contributed by atoms with Gasteiger partial charge in [-0.3, -0.25) is 4.79 Å². The predicted octanol–water partition coefficient (Wildman–Crippen LogP) is 0.109. The Morgan fingerprint density at radius 2 is 2.21 bits per heavy atom. The van der Waals surface area contributed by atoms with Crippen LogP contribution in [0, 0.1) is 5.92 Å². The van der Waals surface area contributed by atoms with E-state index < -0.39 is 21.9 Å². The summed E-state index contributed by atoms with van der Waals surface area (Å²) < 4.78 is 28.1. The molecule has 0 saturated heterocycles. The van der Waals surface area contributed by atoms with Crippen LogP contribution < -0.4 is 4.72 Å². The van der Waals surface area contributed by atoms with E-state index in [9.17, 15) is 13.2 Å². The quantitative estimate of drug-likeness (QED) is 0.794. The number of aliphatic carboxylic acids is 1. The summed E-state index contributed by atoms with van der Waals surface area (Å²) in [6.45, 7) is 0. The largest absolute Gasteiger partial charge is 0.481 e. The first-order valence-electron chi connectivity index (χ1n) is 5.61. The van der Waals surface area contributed by atoms with Crippen molar-refractivity contribution in [1.82, 2.24) is 19.7 Å². The molecule has 0 spiro atoms. The van der Waals surface area contributed by atoms with Crippen LogP contribution in [0.5, 0.6) is 0 Å². The zero-order chi connectivity index (χ0) is 14.2. The van der Waals surface area contributed by atoms with Gasteiger partial charge < -0.3 is 5.11 Å². The van der Waals surface area contributed by atoms with Crippen LogP contribution in [0.2, 0.25) is 0 Å². The number of hydrogen-bond acceptors (Lipinski definition) is 5. The molecule has 1 aliphatic rings. The fourth-order valence-corrected chi connectivity index (χ4v) is 4.57. The standard InChI is InChI=1S/C9H13BrN4O4S/c1-14-8(7(10)11-13-14)19(17,18)12-6-3-2-5(4-6)9(15)16/h5-6,12H,2-4H2,1H3,(H,15,16). The number of hydrogen-bond donors (Lipinski definition) is 2. The van der Waals surface area contributed by atoms with E-state index in [2.05, 4.69) is 31.0 Å². The van der Waals surface area contributed by atoms with Crippen molar-refractivity contribution in [2.24, 2.45) is 13.0 Å². The van der Waals surface area contributed by atoms with Crippen molar-refractivity contribution in [3.05, 3.63) is 4.60 Å². The lowest BCUT2D eigenvalue weighted by molar-refractivity contribution is -0.141. The summed E-state index contributed by atoms with van der Waals surface area (Å²) in [5.74, 6) is -1.37. The van der Waals surface area contributed by atoms with E-state index in [0.717, 1.165) is 4.68 Å². The molecule has 106 valence electrons. The van der Waals surface area contributed by atoms with E-state index in [-0.39, 0.29) is 15.7 Å². The second-order valence-electron chi connectivity index (χ2n) is 4.48. The van der Waals surface area contributed by atoms with Gasteiger partial charge in [-0.1, -0.05) is 5.21 Å². The topological polar surface area (TPSA) is 114 Å². The van der Waals surface area contributed by atoms with Gasteiger partial charge in [0.15, 0.2) is 4.60 Å². The van der Waals surface area contributed by atoms with Gasteiger partial charge >= 0.3 is 5.97 Å². The maximum Gasteiger partial charge on any atom is 0.306 e. The molecule has 1 aliphatic carbocycles. The van der Waals surface area contributed by atoms with Crippen molar-refractivity contribution < 1.29 is 18.3 Å². The van der Waals surface area contributed by atoms with Crippen molar-refractivity contribution in [1.29, 1.82) is 0 Å². The Morgan fingerprint density at radius 3 is 2.68 bits per heavy atom. The highest BCUT2D eigenvalue weighted by Crippen LogP contribution is 2.27. The lowest BCUT2D eigenvalue weighted by atomic mass is 10.1. The lowest BCUT2D eigenvalue weighted by Gasteiger charge is -2.12. The minimum atomic E-state index is -3.76. The number of rotatable bonds is 4. The SMILES string of the molecule is Cn1nnc(Br)c1S(=O)(=O)NC1CCC(C(=O)O)C1. The number of carboxylic acids is 1. The van der Waals surface area contributed by atoms with Gasteiger partial charge in [0.05, 0.1) is 5.92 Å². The normalized spacial score (nSPS) is 23.7. The van der Waals surface area contributed by atoms with E-state index in [4.69, 9.17) is 5.11 Å². The molecule has 1 aromatic heterocycles. The van der Waals surface area contributed by atoms with E-state index in [1.54, 1.807) is 0 Å². The van der Waals surface area contributed by atoms with E-state index in [1.807, 2.05) is 0 Å². The summed E-state index contributed by atoms with van der Waals surface area (Å²) in [5.41, 5.74) is 0. The first-order valence-corrected chi connectivity index (χ1v) is 7.89. The van der Waals surface area contributed by atoms with Gasteiger partial charge in [-0.25, -0.2) is 17.8 Å². The molecule has 1 heterocycles. The van der Waals surface area contributed by atoms with E-state index in [1.165, 1.54) is 7.05 Å². The monoisotopic (exact) mass is 352 g/mol. The van der Waals surface area contributed by atoms with Gasteiger partial charge in [0.25, 0.3) is 10.0 Å². The Bertz CT molecular complexity index is 580. The zero-order valence-electron chi connectivity index (χ0n) is 10.1. The first-order chi connectivity index (χ1) is 8.81. The fraction of sp³-hybridized carbons (Fsp3) is 0.667. The van der Waals surface area contributed by atoms with Crippen LogP contribution in [-0.4, -0.2) is 40.5 Å². The Kier molecular flexibility index (Phi) is 3.92. The third-order valence-corrected chi connectivity index (χ3v) is 5.50. The lowest BCUT2D eigenvalue weighted by Crippen LogP contribution is -2.34. The van der Waals surface area contributed by atoms with Crippen molar-refractivity contribution >= 4 is 31.9 Å². The van der Waals surface area contributed by atoms with Gasteiger partial charge in [0.1, 0.15) is 0 Å². The Balaban J connectivity index is 2.13. The zero-order valence-corrected chi connectivity index (χ0v) is 12.5. The third kappa shape index (κ3) is 2.95. The van der Waals surface area contributed by atoms with Crippen molar-refractivity contribution in [2.75, 3.05) is 0 Å². The number of sulfonamides is 1. The Labute approximate surface area is 118 Å². The molecule has 2 atom stereocenters. The molecule has 1 saturated carbocycles. The molecular weight excluding hydrogens is 340 g/mol. The van der Waals surface area contributed by atoms with Gasteiger partial charge in [-0.2, -0.15) is 0 Å². The summed E-state index contributed by atoms with van der Waals surface area (Å²) in [5, 5.41) is 16.1. The number of nitrogens with one attached hydrogen (secondary N) is 1. The summed E-state index contributed by atoms with van der Waals surface area (Å²) in [6, 6.07) is -0.368. The summed E-state index contributed by atoms with van der Waals surface area (Å²) in [4.78, 5) is 10.8. The number of nitrogens with zero attached hydrogens (tertiary/aromatic N) is 3. The first kappa shape index (κ1) is 14.4. The van der Waals surface area contributed by atoms with Crippen LogP contribution in [0.1, 0.15) is 19.3 Å². The van der Waals surface area contributed by atoms with Crippen LogP contribution in [0.3, 0.4) is 0 Å². The smallest absolute Gasteiger partial charge is 0.306 e. The molecule has 2 rings (SSSR count). The van der Waals surface area contributed by atoms with Gasteiger partial charge in [-0.05, 0) is 35.2 Å². The minimum absolute atomic E-state index is 0.0636. The summed E-state index contributed by atoms with van der Waals surface area (Å²) >= 11 is 3.03. The molecule has 8 nitrogen and oxygen atoms in total. The Morgan fingerprint density at radius 1 is 1.53 bits per heavy atom. The maximum atomic E-state index is 12.2. The highest BCUT2D eigenvalue weighted by Gasteiger charge is 2.34. The van der Waals surface area contributed by atoms with Gasteiger partial charge in [-0.15, -0.1) is 5.10 Å². The van der Waals surface area contributed by atoms with Crippen LogP contribution in [-0.2, 0) is 21.9 Å². The number of carbonyl (C=O) groups is 1. The predicted molar refractivity (Wildman–Crippen MR) is 67.8 cm³/mol. The maximum absolute atomic E-state index is 12.2. The molecule has 0 amide bonds. The molecular formula is C9H13BrN4O4S. The van der Waals surface area contributed by atoms with Crippen molar-refractivity contribution in [2.45, 2.75) is 30.3 Å². The summed E-state index contributed by atoms with van der Waals surface area (Å²) in [7, 11) is -2.29. The van der Waals surface area contributed by atoms with Crippen LogP contribution in [0.25, 0.3) is 0 Å². The molecule has 1 fully saturated rings. The molecule has 19 heavy (non-hydrogen) atoms. The molecule has 0 radical (unpaired) electrons. The number of aromatic nitrogens is 3. The second-order valence-corrected chi connectivity index (χ2v) is 6.86. The number of halogens is 1. The van der Waals surface area contributed by atoms with Crippen LogP contribution in [0.15, 0.2) is 9.63 Å². The van der Waals surface area contributed by atoms with Gasteiger partial charge in [0, 0.05) is 13.1 Å². The third-order valence-electron chi connectivity index (χ3n) is 3.10. The molecule has 0 aliphatic heterocycles. The molecule has 0 bridgehead atoms. The molecule has 10 heteroatoms. The van der Waals surface area contributed by atoms with Crippen LogP contribution >= 0.6 is 15.9 Å². The van der Waals surface area contributed by atoms with Crippen molar-refractivity contribution in [3.63, 3.8) is 0 Å². The van der Waals surface area contributed by atoms with Crippen molar-refractivity contribution in [3.8, 4) is 0 Å². The number of aryl methyl sites for hydroxylation is 1. The average molecular weight is 353 g/mol. The van der Waals surface area contributed by atoms with Crippen LogP contribution in [0.4, 0.5) is 0 Å². The Hall–Kier alpha value is -1.00. The van der Waals surface area contributed by atoms with E-state index >= 15 is 0 Å². The number of carboxylic acid groups (broad SMARTS) is 1. The molecule has 0 aromatic carbocycles. The summed E-state index contributed by atoms with van der Waals surface area (Å²) in [6.07, 6.45) is 1.30. The highest BCUT2D eigenvalue weighted by atomic mass is 79.9. The minimum Gasteiger partial charge on any atom is -0.481 e. The fourth-order valence-electron chi connectivity index (χ4n) is 2.20. The molecule has 1 aromatic rings. The molecule has 2 N–H and O–H groups in total. The molecule has 2 unspecified atom stereocenters. The second kappa shape index (κ2) is 5.17. The van der Waals surface area contributed by atoms with Gasteiger partial charge in [0.2, 0.25) is 5.03 Å². The average Bonchev–Trinajstić information content (AvgIpc) is 2.85.